The summed E-state index contributed by atoms with van der Waals surface area (Å²) >= 11 is 0. The first-order chi connectivity index (χ1) is 9.66. The lowest BCUT2D eigenvalue weighted by Crippen LogP contribution is -2.34. The maximum atomic E-state index is 10.4. The van der Waals surface area contributed by atoms with Gasteiger partial charge in [0.2, 0.25) is 0 Å². The van der Waals surface area contributed by atoms with Crippen LogP contribution in [0.1, 0.15) is 31.4 Å². The molecule has 0 amide bonds. The van der Waals surface area contributed by atoms with E-state index in [0.29, 0.717) is 0 Å². The van der Waals surface area contributed by atoms with Gasteiger partial charge in [0.05, 0.1) is 6.10 Å². The fraction of sp³-hybridized carbons (Fsp3) is 0.647. The molecule has 2 rings (SSSR count). The van der Waals surface area contributed by atoms with E-state index < -0.39 is 0 Å². The summed E-state index contributed by atoms with van der Waals surface area (Å²) in [5.74, 6) is 0.983. The minimum Gasteiger partial charge on any atom is -0.388 e. The Hall–Kier alpha value is -0.900. The highest BCUT2D eigenvalue weighted by molar-refractivity contribution is 5.17. The second-order valence-electron chi connectivity index (χ2n) is 6.11. The Bertz CT molecular complexity index is 376. The fourth-order valence-corrected chi connectivity index (χ4v) is 3.01. The SMILES string of the molecule is CC(CN(C)CC1CCOCC1)C(O)c1ccccc1. The highest BCUT2D eigenvalue weighted by Gasteiger charge is 2.20. The second kappa shape index (κ2) is 7.77. The highest BCUT2D eigenvalue weighted by Crippen LogP contribution is 2.23. The monoisotopic (exact) mass is 277 g/mol. The number of aliphatic hydroxyl groups excluding tert-OH is 1. The van der Waals surface area contributed by atoms with Crippen LogP contribution in [-0.4, -0.2) is 43.4 Å². The molecule has 2 unspecified atom stereocenters. The standard InChI is InChI=1S/C17H27NO2/c1-14(17(19)16-6-4-3-5-7-16)12-18(2)13-15-8-10-20-11-9-15/h3-7,14-15,17,19H,8-13H2,1-2H3. The van der Waals surface area contributed by atoms with Crippen LogP contribution in [0.15, 0.2) is 30.3 Å². The van der Waals surface area contributed by atoms with Gasteiger partial charge < -0.3 is 14.7 Å². The summed E-state index contributed by atoms with van der Waals surface area (Å²) in [5, 5.41) is 10.4. The molecule has 20 heavy (non-hydrogen) atoms. The van der Waals surface area contributed by atoms with Crippen molar-refractivity contribution in [2.45, 2.75) is 25.9 Å². The third-order valence-corrected chi connectivity index (χ3v) is 4.19. The van der Waals surface area contributed by atoms with Gasteiger partial charge in [0.25, 0.3) is 0 Å². The Morgan fingerprint density at radius 3 is 2.55 bits per heavy atom. The van der Waals surface area contributed by atoms with E-state index in [9.17, 15) is 5.11 Å². The topological polar surface area (TPSA) is 32.7 Å². The van der Waals surface area contributed by atoms with Crippen LogP contribution in [0.2, 0.25) is 0 Å². The van der Waals surface area contributed by atoms with Crippen LogP contribution in [0.4, 0.5) is 0 Å². The van der Waals surface area contributed by atoms with E-state index in [1.165, 1.54) is 12.8 Å². The molecule has 1 aliphatic heterocycles. The van der Waals surface area contributed by atoms with Gasteiger partial charge in [-0.15, -0.1) is 0 Å². The van der Waals surface area contributed by atoms with Crippen LogP contribution in [-0.2, 0) is 4.74 Å². The molecule has 1 N–H and O–H groups in total. The van der Waals surface area contributed by atoms with Crippen molar-refractivity contribution in [3.63, 3.8) is 0 Å². The lowest BCUT2D eigenvalue weighted by molar-refractivity contribution is 0.0468. The number of hydrogen-bond donors (Lipinski definition) is 1. The second-order valence-corrected chi connectivity index (χ2v) is 6.11. The molecule has 1 saturated heterocycles. The average Bonchev–Trinajstić information content (AvgIpc) is 2.48. The summed E-state index contributed by atoms with van der Waals surface area (Å²) < 4.78 is 5.40. The Balaban J connectivity index is 1.79. The van der Waals surface area contributed by atoms with Crippen LogP contribution in [0.5, 0.6) is 0 Å². The zero-order chi connectivity index (χ0) is 14.4. The lowest BCUT2D eigenvalue weighted by Gasteiger charge is -2.30. The number of hydrogen-bond acceptors (Lipinski definition) is 3. The molecule has 0 aromatic heterocycles. The first kappa shape index (κ1) is 15.5. The van der Waals surface area contributed by atoms with Gasteiger partial charge in [-0.2, -0.15) is 0 Å². The smallest absolute Gasteiger partial charge is 0.0827 e. The Morgan fingerprint density at radius 2 is 1.90 bits per heavy atom. The van der Waals surface area contributed by atoms with Crippen molar-refractivity contribution >= 4 is 0 Å². The van der Waals surface area contributed by atoms with Crippen LogP contribution < -0.4 is 0 Å². The van der Waals surface area contributed by atoms with Crippen molar-refractivity contribution in [3.8, 4) is 0 Å². The summed E-state index contributed by atoms with van der Waals surface area (Å²) in [6.07, 6.45) is 1.95. The predicted molar refractivity (Wildman–Crippen MR) is 81.6 cm³/mol. The number of benzene rings is 1. The average molecular weight is 277 g/mol. The maximum Gasteiger partial charge on any atom is 0.0827 e. The number of nitrogens with zero attached hydrogens (tertiary/aromatic N) is 1. The molecule has 3 nitrogen and oxygen atoms in total. The van der Waals surface area contributed by atoms with Gasteiger partial charge in [-0.3, -0.25) is 0 Å². The van der Waals surface area contributed by atoms with E-state index in [2.05, 4.69) is 18.9 Å². The van der Waals surface area contributed by atoms with E-state index in [-0.39, 0.29) is 12.0 Å². The van der Waals surface area contributed by atoms with Crippen molar-refractivity contribution in [1.29, 1.82) is 0 Å². The summed E-state index contributed by atoms with van der Waals surface area (Å²) in [6.45, 7) is 5.96. The quantitative estimate of drug-likeness (QED) is 0.868. The summed E-state index contributed by atoms with van der Waals surface area (Å²) in [6, 6.07) is 9.95. The largest absolute Gasteiger partial charge is 0.388 e. The summed E-state index contributed by atoms with van der Waals surface area (Å²) in [4.78, 5) is 2.35. The third kappa shape index (κ3) is 4.58. The van der Waals surface area contributed by atoms with Gasteiger partial charge in [0.1, 0.15) is 0 Å². The molecule has 3 heteroatoms. The van der Waals surface area contributed by atoms with Crippen molar-refractivity contribution in [1.82, 2.24) is 4.90 Å². The normalized spacial score (nSPS) is 20.0. The molecule has 1 fully saturated rings. The van der Waals surface area contributed by atoms with Crippen LogP contribution >= 0.6 is 0 Å². The van der Waals surface area contributed by atoms with Gasteiger partial charge >= 0.3 is 0 Å². The Labute approximate surface area is 122 Å². The van der Waals surface area contributed by atoms with Crippen LogP contribution in [0.25, 0.3) is 0 Å². The first-order valence-corrected chi connectivity index (χ1v) is 7.66. The van der Waals surface area contributed by atoms with Crippen molar-refractivity contribution < 1.29 is 9.84 Å². The molecule has 1 heterocycles. The Morgan fingerprint density at radius 1 is 1.25 bits per heavy atom. The molecule has 0 saturated carbocycles. The van der Waals surface area contributed by atoms with Crippen LogP contribution in [0.3, 0.4) is 0 Å². The lowest BCUT2D eigenvalue weighted by atomic mass is 9.95. The number of ether oxygens (including phenoxy) is 1. The molecule has 1 aromatic rings. The van der Waals surface area contributed by atoms with Crippen molar-refractivity contribution in [2.75, 3.05) is 33.4 Å². The molecule has 0 radical (unpaired) electrons. The predicted octanol–water partition coefficient (Wildman–Crippen LogP) is 2.71. The zero-order valence-electron chi connectivity index (χ0n) is 12.7. The third-order valence-electron chi connectivity index (χ3n) is 4.19. The minimum atomic E-state index is -0.381. The van der Waals surface area contributed by atoms with E-state index in [0.717, 1.165) is 37.8 Å². The number of aliphatic hydroxyl groups is 1. The molecule has 112 valence electrons. The van der Waals surface area contributed by atoms with Crippen LogP contribution in [0, 0.1) is 11.8 Å². The maximum absolute atomic E-state index is 10.4. The fourth-order valence-electron chi connectivity index (χ4n) is 3.01. The van der Waals surface area contributed by atoms with Gasteiger partial charge in [-0.25, -0.2) is 0 Å². The van der Waals surface area contributed by atoms with Gasteiger partial charge in [-0.1, -0.05) is 37.3 Å². The van der Waals surface area contributed by atoms with E-state index in [4.69, 9.17) is 4.74 Å². The van der Waals surface area contributed by atoms with E-state index in [1.54, 1.807) is 0 Å². The molecule has 0 spiro atoms. The molecule has 0 bridgehead atoms. The molecular weight excluding hydrogens is 250 g/mol. The number of rotatable bonds is 6. The van der Waals surface area contributed by atoms with Gasteiger partial charge in [0, 0.05) is 26.3 Å². The molecular formula is C17H27NO2. The first-order valence-electron chi connectivity index (χ1n) is 7.66. The minimum absolute atomic E-state index is 0.238. The molecule has 1 aliphatic rings. The van der Waals surface area contributed by atoms with Crippen molar-refractivity contribution in [3.05, 3.63) is 35.9 Å². The summed E-state index contributed by atoms with van der Waals surface area (Å²) in [5.41, 5.74) is 1.01. The van der Waals surface area contributed by atoms with E-state index >= 15 is 0 Å². The van der Waals surface area contributed by atoms with Gasteiger partial charge in [0.15, 0.2) is 0 Å². The summed E-state index contributed by atoms with van der Waals surface area (Å²) in [7, 11) is 2.16. The Kier molecular flexibility index (Phi) is 6.02. The highest BCUT2D eigenvalue weighted by atomic mass is 16.5. The van der Waals surface area contributed by atoms with Gasteiger partial charge in [-0.05, 0) is 37.3 Å². The zero-order valence-corrected chi connectivity index (χ0v) is 12.7. The molecule has 2 atom stereocenters. The molecule has 0 aliphatic carbocycles. The molecule has 1 aromatic carbocycles. The van der Waals surface area contributed by atoms with E-state index in [1.807, 2.05) is 30.3 Å². The van der Waals surface area contributed by atoms with Crippen molar-refractivity contribution in [2.24, 2.45) is 11.8 Å².